The molecule has 3 aromatic rings. The summed E-state index contributed by atoms with van der Waals surface area (Å²) in [6.45, 7) is 2.02. The molecule has 0 unspecified atom stereocenters. The van der Waals surface area contributed by atoms with Gasteiger partial charge in [0, 0.05) is 41.8 Å². The van der Waals surface area contributed by atoms with Crippen molar-refractivity contribution in [3.63, 3.8) is 0 Å². The molecule has 0 aliphatic rings. The molecule has 5 heteroatoms. The summed E-state index contributed by atoms with van der Waals surface area (Å²) in [5.41, 5.74) is 3.84. The van der Waals surface area contributed by atoms with Gasteiger partial charge in [0.2, 0.25) is 0 Å². The maximum Gasteiger partial charge on any atom is 0.251 e. The van der Waals surface area contributed by atoms with E-state index in [9.17, 15) is 9.90 Å². The summed E-state index contributed by atoms with van der Waals surface area (Å²) in [5, 5.41) is 12.9. The SMILES string of the molecule is Cc1c(C(=O)NC[C@H](O)c2cccnc2)cccc1-c1ccccn1. The first-order valence-corrected chi connectivity index (χ1v) is 8.04. The van der Waals surface area contributed by atoms with Crippen LogP contribution in [0.1, 0.15) is 27.6 Å². The Bertz CT molecular complexity index is 851. The van der Waals surface area contributed by atoms with Gasteiger partial charge in [-0.05, 0) is 36.8 Å². The minimum Gasteiger partial charge on any atom is -0.387 e. The van der Waals surface area contributed by atoms with Gasteiger partial charge in [-0.25, -0.2) is 0 Å². The number of carbonyl (C=O) groups is 1. The van der Waals surface area contributed by atoms with Crippen LogP contribution >= 0.6 is 0 Å². The fourth-order valence-electron chi connectivity index (χ4n) is 2.66. The van der Waals surface area contributed by atoms with Gasteiger partial charge in [0.25, 0.3) is 5.91 Å². The van der Waals surface area contributed by atoms with Crippen molar-refractivity contribution < 1.29 is 9.90 Å². The number of nitrogens with zero attached hydrogens (tertiary/aromatic N) is 2. The summed E-state index contributed by atoms with van der Waals surface area (Å²) in [6, 6.07) is 14.8. The number of aliphatic hydroxyl groups is 1. The second-order valence-electron chi connectivity index (χ2n) is 5.71. The Hall–Kier alpha value is -3.05. The number of pyridine rings is 2. The van der Waals surface area contributed by atoms with Crippen LogP contribution in [0.2, 0.25) is 0 Å². The van der Waals surface area contributed by atoms with Gasteiger partial charge in [-0.2, -0.15) is 0 Å². The Kier molecular flexibility index (Phi) is 5.16. The van der Waals surface area contributed by atoms with Gasteiger partial charge in [0.1, 0.15) is 0 Å². The van der Waals surface area contributed by atoms with Gasteiger partial charge in [-0.15, -0.1) is 0 Å². The molecule has 0 fully saturated rings. The number of amides is 1. The normalized spacial score (nSPS) is 11.8. The van der Waals surface area contributed by atoms with Crippen molar-refractivity contribution in [2.45, 2.75) is 13.0 Å². The third-order valence-corrected chi connectivity index (χ3v) is 4.04. The molecule has 0 radical (unpaired) electrons. The van der Waals surface area contributed by atoms with Crippen LogP contribution in [-0.2, 0) is 0 Å². The zero-order chi connectivity index (χ0) is 17.6. The topological polar surface area (TPSA) is 75.1 Å². The molecule has 126 valence electrons. The van der Waals surface area contributed by atoms with Gasteiger partial charge in [-0.1, -0.05) is 24.3 Å². The van der Waals surface area contributed by atoms with Crippen molar-refractivity contribution >= 4 is 5.91 Å². The number of hydrogen-bond acceptors (Lipinski definition) is 4. The number of rotatable bonds is 5. The molecule has 1 aromatic carbocycles. The molecule has 2 heterocycles. The van der Waals surface area contributed by atoms with E-state index in [-0.39, 0.29) is 12.5 Å². The molecular weight excluding hydrogens is 314 g/mol. The van der Waals surface area contributed by atoms with Gasteiger partial charge in [0.05, 0.1) is 11.8 Å². The molecule has 1 amide bonds. The summed E-state index contributed by atoms with van der Waals surface area (Å²) in [5.74, 6) is -0.224. The Morgan fingerprint density at radius 3 is 2.72 bits per heavy atom. The Labute approximate surface area is 146 Å². The van der Waals surface area contributed by atoms with E-state index in [1.165, 1.54) is 0 Å². The van der Waals surface area contributed by atoms with Gasteiger partial charge < -0.3 is 10.4 Å². The molecule has 0 saturated heterocycles. The van der Waals surface area contributed by atoms with Crippen molar-refractivity contribution in [3.8, 4) is 11.3 Å². The van der Waals surface area contributed by atoms with Crippen molar-refractivity contribution in [3.05, 3.63) is 83.8 Å². The largest absolute Gasteiger partial charge is 0.387 e. The van der Waals surface area contributed by atoms with Crippen molar-refractivity contribution in [2.24, 2.45) is 0 Å². The highest BCUT2D eigenvalue weighted by Crippen LogP contribution is 2.24. The van der Waals surface area contributed by atoms with E-state index < -0.39 is 6.10 Å². The lowest BCUT2D eigenvalue weighted by Crippen LogP contribution is -2.29. The Morgan fingerprint density at radius 1 is 1.12 bits per heavy atom. The predicted octanol–water partition coefficient (Wildman–Crippen LogP) is 2.92. The van der Waals surface area contributed by atoms with Crippen LogP contribution in [0.15, 0.2) is 67.1 Å². The van der Waals surface area contributed by atoms with Crippen LogP contribution in [-0.4, -0.2) is 27.5 Å². The van der Waals surface area contributed by atoms with Crippen LogP contribution in [0, 0.1) is 6.92 Å². The summed E-state index contributed by atoms with van der Waals surface area (Å²) in [7, 11) is 0. The van der Waals surface area contributed by atoms with Gasteiger partial charge >= 0.3 is 0 Å². The minimum absolute atomic E-state index is 0.123. The first-order valence-electron chi connectivity index (χ1n) is 8.04. The average Bonchev–Trinajstić information content (AvgIpc) is 2.67. The molecule has 25 heavy (non-hydrogen) atoms. The number of aliphatic hydroxyl groups excluding tert-OH is 1. The van der Waals surface area contributed by atoms with Crippen molar-refractivity contribution in [1.29, 1.82) is 0 Å². The van der Waals surface area contributed by atoms with Crippen LogP contribution in [0.3, 0.4) is 0 Å². The average molecular weight is 333 g/mol. The second kappa shape index (κ2) is 7.68. The molecule has 0 spiro atoms. The van der Waals surface area contributed by atoms with E-state index in [1.807, 2.05) is 37.3 Å². The number of nitrogens with one attached hydrogen (secondary N) is 1. The Morgan fingerprint density at radius 2 is 2.00 bits per heavy atom. The minimum atomic E-state index is -0.795. The first-order chi connectivity index (χ1) is 12.2. The molecule has 0 bridgehead atoms. The highest BCUT2D eigenvalue weighted by Gasteiger charge is 2.15. The van der Waals surface area contributed by atoms with Crippen molar-refractivity contribution in [2.75, 3.05) is 6.54 Å². The third-order valence-electron chi connectivity index (χ3n) is 4.04. The van der Waals surface area contributed by atoms with Crippen LogP contribution < -0.4 is 5.32 Å². The summed E-state index contributed by atoms with van der Waals surface area (Å²) in [4.78, 5) is 20.8. The second-order valence-corrected chi connectivity index (χ2v) is 5.71. The van der Waals surface area contributed by atoms with E-state index in [1.54, 1.807) is 36.8 Å². The van der Waals surface area contributed by atoms with Crippen LogP contribution in [0.25, 0.3) is 11.3 Å². The number of aromatic nitrogens is 2. The van der Waals surface area contributed by atoms with Crippen LogP contribution in [0.4, 0.5) is 0 Å². The first kappa shape index (κ1) is 16.8. The molecule has 3 rings (SSSR count). The summed E-state index contributed by atoms with van der Waals surface area (Å²) < 4.78 is 0. The standard InChI is InChI=1S/C20H19N3O2/c1-14-16(18-9-2-3-11-22-18)7-4-8-17(14)20(25)23-13-19(24)15-6-5-10-21-12-15/h2-12,19,24H,13H2,1H3,(H,23,25)/t19-/m0/s1. The fraction of sp³-hybridized carbons (Fsp3) is 0.150. The zero-order valence-electron chi connectivity index (χ0n) is 13.9. The molecule has 2 aromatic heterocycles. The highest BCUT2D eigenvalue weighted by molar-refractivity contribution is 5.97. The van der Waals surface area contributed by atoms with E-state index in [0.29, 0.717) is 11.1 Å². The molecule has 0 saturated carbocycles. The molecule has 2 N–H and O–H groups in total. The maximum atomic E-state index is 12.5. The lowest BCUT2D eigenvalue weighted by atomic mass is 9.99. The maximum absolute atomic E-state index is 12.5. The van der Waals surface area contributed by atoms with E-state index in [2.05, 4.69) is 15.3 Å². The smallest absolute Gasteiger partial charge is 0.251 e. The number of hydrogen-bond donors (Lipinski definition) is 2. The quantitative estimate of drug-likeness (QED) is 0.753. The highest BCUT2D eigenvalue weighted by atomic mass is 16.3. The van der Waals surface area contributed by atoms with Crippen LogP contribution in [0.5, 0.6) is 0 Å². The zero-order valence-corrected chi connectivity index (χ0v) is 13.9. The van der Waals surface area contributed by atoms with E-state index in [0.717, 1.165) is 16.8 Å². The van der Waals surface area contributed by atoms with E-state index in [4.69, 9.17) is 0 Å². The molecule has 5 nitrogen and oxygen atoms in total. The lowest BCUT2D eigenvalue weighted by Gasteiger charge is -2.14. The lowest BCUT2D eigenvalue weighted by molar-refractivity contribution is 0.0915. The monoisotopic (exact) mass is 333 g/mol. The molecular formula is C20H19N3O2. The molecule has 1 atom stereocenters. The van der Waals surface area contributed by atoms with Crippen molar-refractivity contribution in [1.82, 2.24) is 15.3 Å². The number of carbonyl (C=O) groups excluding carboxylic acids is 1. The Balaban J connectivity index is 1.75. The van der Waals surface area contributed by atoms with Gasteiger partial charge in [-0.3, -0.25) is 14.8 Å². The molecule has 0 aliphatic heterocycles. The summed E-state index contributed by atoms with van der Waals surface area (Å²) >= 11 is 0. The molecule has 0 aliphatic carbocycles. The third kappa shape index (κ3) is 3.89. The predicted molar refractivity (Wildman–Crippen MR) is 95.9 cm³/mol. The van der Waals surface area contributed by atoms with E-state index >= 15 is 0 Å². The fourth-order valence-corrected chi connectivity index (χ4v) is 2.66. The van der Waals surface area contributed by atoms with Gasteiger partial charge in [0.15, 0.2) is 0 Å². The number of benzene rings is 1. The summed E-state index contributed by atoms with van der Waals surface area (Å²) in [6.07, 6.45) is 4.16.